The Morgan fingerprint density at radius 3 is 2.71 bits per heavy atom. The number of ether oxygens (including phenoxy) is 1. The average Bonchev–Trinajstić information content (AvgIpc) is 2.90. The van der Waals surface area contributed by atoms with Crippen LogP contribution in [0.25, 0.3) is 11.3 Å². The zero-order valence-corrected chi connectivity index (χ0v) is 12.7. The van der Waals surface area contributed by atoms with E-state index in [4.69, 9.17) is 10.5 Å². The first-order valence-corrected chi connectivity index (χ1v) is 6.61. The van der Waals surface area contributed by atoms with Gasteiger partial charge in [0.2, 0.25) is 0 Å². The van der Waals surface area contributed by atoms with Gasteiger partial charge in [0, 0.05) is 24.5 Å². The first-order valence-electron chi connectivity index (χ1n) is 6.61. The summed E-state index contributed by atoms with van der Waals surface area (Å²) in [5.41, 5.74) is 7.61. The van der Waals surface area contributed by atoms with Crippen molar-refractivity contribution in [2.75, 3.05) is 13.2 Å². The van der Waals surface area contributed by atoms with E-state index < -0.39 is 0 Å². The second-order valence-corrected chi connectivity index (χ2v) is 4.24. The van der Waals surface area contributed by atoms with Gasteiger partial charge in [-0.2, -0.15) is 5.10 Å². The van der Waals surface area contributed by atoms with Gasteiger partial charge < -0.3 is 10.5 Å². The molecular formula is C14H19ClN4O2. The minimum atomic E-state index is -0.364. The number of nitrogens with two attached hydrogens (primary N) is 1. The molecule has 21 heavy (non-hydrogen) atoms. The van der Waals surface area contributed by atoms with Gasteiger partial charge >= 0.3 is 5.97 Å². The second kappa shape index (κ2) is 8.39. The van der Waals surface area contributed by atoms with Crippen molar-refractivity contribution in [3.8, 4) is 11.3 Å². The molecule has 2 heterocycles. The maximum atomic E-state index is 11.9. The fourth-order valence-electron chi connectivity index (χ4n) is 1.86. The normalized spacial score (nSPS) is 10.0. The number of carbonyl (C=O) groups excluding carboxylic acids is 1. The molecule has 2 N–H and O–H groups in total. The van der Waals surface area contributed by atoms with E-state index in [0.717, 1.165) is 17.7 Å². The lowest BCUT2D eigenvalue weighted by Crippen LogP contribution is -2.15. The fourth-order valence-corrected chi connectivity index (χ4v) is 1.86. The zero-order valence-electron chi connectivity index (χ0n) is 11.9. The topological polar surface area (TPSA) is 83.0 Å². The molecule has 0 bridgehead atoms. The number of hydrogen-bond donors (Lipinski definition) is 1. The van der Waals surface area contributed by atoms with E-state index in [-0.39, 0.29) is 18.4 Å². The Labute approximate surface area is 129 Å². The number of nitrogens with zero attached hydrogens (tertiary/aromatic N) is 3. The highest BCUT2D eigenvalue weighted by atomic mass is 35.5. The Bertz CT molecular complexity index is 572. The third-order valence-corrected chi connectivity index (χ3v) is 2.81. The van der Waals surface area contributed by atoms with Gasteiger partial charge in [-0.25, -0.2) is 4.79 Å². The van der Waals surface area contributed by atoms with Gasteiger partial charge in [-0.05, 0) is 38.1 Å². The van der Waals surface area contributed by atoms with Gasteiger partial charge in [-0.1, -0.05) is 0 Å². The summed E-state index contributed by atoms with van der Waals surface area (Å²) >= 11 is 0. The lowest BCUT2D eigenvalue weighted by atomic mass is 10.2. The van der Waals surface area contributed by atoms with E-state index in [9.17, 15) is 4.79 Å². The molecule has 0 spiro atoms. The standard InChI is InChI=1S/C14H18N4O2.ClH/c1-2-20-14(19)13-10-12(11-4-7-16-8-5-11)17-18(13)9-3-6-15;/h4-5,7-8,10H,2-3,6,9,15H2,1H3;1H. The summed E-state index contributed by atoms with van der Waals surface area (Å²) in [7, 11) is 0. The number of pyridine rings is 1. The summed E-state index contributed by atoms with van der Waals surface area (Å²) in [5, 5.41) is 4.45. The SMILES string of the molecule is CCOC(=O)c1cc(-c2ccncc2)nn1CCCN.Cl. The molecule has 0 saturated carbocycles. The molecule has 7 heteroatoms. The van der Waals surface area contributed by atoms with Crippen molar-refractivity contribution in [2.24, 2.45) is 5.73 Å². The van der Waals surface area contributed by atoms with Gasteiger partial charge in [0.05, 0.1) is 12.3 Å². The van der Waals surface area contributed by atoms with Crippen LogP contribution in [0.15, 0.2) is 30.6 Å². The highest BCUT2D eigenvalue weighted by molar-refractivity contribution is 5.89. The molecule has 0 atom stereocenters. The summed E-state index contributed by atoms with van der Waals surface area (Å²) in [5.74, 6) is -0.364. The van der Waals surface area contributed by atoms with Gasteiger partial charge in [-0.3, -0.25) is 9.67 Å². The van der Waals surface area contributed by atoms with Crippen LogP contribution in [0.4, 0.5) is 0 Å². The van der Waals surface area contributed by atoms with E-state index >= 15 is 0 Å². The lowest BCUT2D eigenvalue weighted by Gasteiger charge is -2.05. The summed E-state index contributed by atoms with van der Waals surface area (Å²) in [6.07, 6.45) is 4.14. The molecule has 0 aromatic carbocycles. The van der Waals surface area contributed by atoms with Crippen molar-refractivity contribution < 1.29 is 9.53 Å². The quantitative estimate of drug-likeness (QED) is 0.824. The van der Waals surface area contributed by atoms with Gasteiger partial charge in [0.25, 0.3) is 0 Å². The average molecular weight is 311 g/mol. The molecule has 2 aromatic rings. The molecule has 0 aliphatic carbocycles. The molecule has 0 saturated heterocycles. The molecule has 0 fully saturated rings. The van der Waals surface area contributed by atoms with Crippen LogP contribution >= 0.6 is 12.4 Å². The molecule has 0 aliphatic heterocycles. The molecule has 0 unspecified atom stereocenters. The van der Waals surface area contributed by atoms with E-state index in [1.54, 1.807) is 30.1 Å². The monoisotopic (exact) mass is 310 g/mol. The molecule has 2 rings (SSSR count). The predicted molar refractivity (Wildman–Crippen MR) is 82.3 cm³/mol. The van der Waals surface area contributed by atoms with Crippen molar-refractivity contribution in [3.05, 3.63) is 36.3 Å². The number of rotatable bonds is 6. The minimum absolute atomic E-state index is 0. The van der Waals surface area contributed by atoms with E-state index in [1.165, 1.54) is 0 Å². The van der Waals surface area contributed by atoms with Crippen LogP contribution in [0.2, 0.25) is 0 Å². The van der Waals surface area contributed by atoms with Gasteiger partial charge in [0.15, 0.2) is 0 Å². The van der Waals surface area contributed by atoms with Crippen LogP contribution in [0, 0.1) is 0 Å². The largest absolute Gasteiger partial charge is 0.461 e. The first-order chi connectivity index (χ1) is 9.76. The molecule has 6 nitrogen and oxygen atoms in total. The van der Waals surface area contributed by atoms with Crippen molar-refractivity contribution in [1.29, 1.82) is 0 Å². The number of aromatic nitrogens is 3. The number of carbonyl (C=O) groups is 1. The summed E-state index contributed by atoms with van der Waals surface area (Å²) in [6.45, 7) is 3.26. The molecule has 0 radical (unpaired) electrons. The maximum Gasteiger partial charge on any atom is 0.356 e. The molecule has 2 aromatic heterocycles. The molecule has 0 amide bonds. The molecular weight excluding hydrogens is 292 g/mol. The Morgan fingerprint density at radius 1 is 1.38 bits per heavy atom. The number of esters is 1. The molecule has 0 aliphatic rings. The molecule has 114 valence electrons. The van der Waals surface area contributed by atoms with Crippen molar-refractivity contribution >= 4 is 18.4 Å². The Morgan fingerprint density at radius 2 is 2.10 bits per heavy atom. The summed E-state index contributed by atoms with van der Waals surface area (Å²) in [4.78, 5) is 15.9. The first kappa shape index (κ1) is 17.1. The van der Waals surface area contributed by atoms with E-state index in [0.29, 0.717) is 25.4 Å². The van der Waals surface area contributed by atoms with Crippen molar-refractivity contribution in [2.45, 2.75) is 19.9 Å². The van der Waals surface area contributed by atoms with Crippen molar-refractivity contribution in [1.82, 2.24) is 14.8 Å². The third-order valence-electron chi connectivity index (χ3n) is 2.81. The minimum Gasteiger partial charge on any atom is -0.461 e. The maximum absolute atomic E-state index is 11.9. The summed E-state index contributed by atoms with van der Waals surface area (Å²) < 4.78 is 6.71. The second-order valence-electron chi connectivity index (χ2n) is 4.24. The van der Waals surface area contributed by atoms with E-state index in [2.05, 4.69) is 10.1 Å². The zero-order chi connectivity index (χ0) is 14.4. The predicted octanol–water partition coefficient (Wildman–Crippen LogP) is 1.89. The van der Waals surface area contributed by atoms with Crippen LogP contribution in [-0.2, 0) is 11.3 Å². The Balaban J connectivity index is 0.00000220. The smallest absolute Gasteiger partial charge is 0.356 e. The number of aryl methyl sites for hydroxylation is 1. The van der Waals surface area contributed by atoms with Crippen LogP contribution in [-0.4, -0.2) is 33.9 Å². The van der Waals surface area contributed by atoms with E-state index in [1.807, 2.05) is 12.1 Å². The van der Waals surface area contributed by atoms with Crippen LogP contribution in [0.3, 0.4) is 0 Å². The third kappa shape index (κ3) is 4.27. The summed E-state index contributed by atoms with van der Waals surface area (Å²) in [6, 6.07) is 5.44. The van der Waals surface area contributed by atoms with Crippen molar-refractivity contribution in [3.63, 3.8) is 0 Å². The van der Waals surface area contributed by atoms with Crippen LogP contribution in [0.1, 0.15) is 23.8 Å². The number of halogens is 1. The Hall–Kier alpha value is -1.92. The highest BCUT2D eigenvalue weighted by Crippen LogP contribution is 2.19. The van der Waals surface area contributed by atoms with Gasteiger partial charge in [-0.15, -0.1) is 12.4 Å². The van der Waals surface area contributed by atoms with Crippen LogP contribution in [0.5, 0.6) is 0 Å². The Kier molecular flexibility index (Phi) is 6.84. The number of hydrogen-bond acceptors (Lipinski definition) is 5. The van der Waals surface area contributed by atoms with Crippen LogP contribution < -0.4 is 5.73 Å². The highest BCUT2D eigenvalue weighted by Gasteiger charge is 2.16. The fraction of sp³-hybridized carbons (Fsp3) is 0.357. The van der Waals surface area contributed by atoms with Gasteiger partial charge in [0.1, 0.15) is 5.69 Å². The lowest BCUT2D eigenvalue weighted by molar-refractivity contribution is 0.0511.